The van der Waals surface area contributed by atoms with Crippen molar-refractivity contribution in [1.29, 1.82) is 0 Å². The Morgan fingerprint density at radius 1 is 1.38 bits per heavy atom. The van der Waals surface area contributed by atoms with E-state index in [1.54, 1.807) is 48.6 Å². The third-order valence-electron chi connectivity index (χ3n) is 7.97. The van der Waals surface area contributed by atoms with Crippen LogP contribution in [-0.2, 0) is 20.9 Å². The summed E-state index contributed by atoms with van der Waals surface area (Å²) in [6.07, 6.45) is 12.8. The van der Waals surface area contributed by atoms with E-state index in [0.717, 1.165) is 37.2 Å². The van der Waals surface area contributed by atoms with Crippen molar-refractivity contribution < 1.29 is 18.7 Å². The number of nitrogens with one attached hydrogen (secondary N) is 1. The normalized spacial score (nSPS) is 20.0. The van der Waals surface area contributed by atoms with E-state index in [1.165, 1.54) is 20.0 Å². The Labute approximate surface area is 228 Å². The number of fused-ring (bicyclic) bond motifs is 1. The standard InChI is InChI=1S/C29H36N6O4/c1-5-20(26(36)30-16-22-11-8-14-39-22)15-24(38-4)19(2)32-28-31-17-23-25(33-28)35(21-9-6-7-10-21)18-29(12-13-29)27(37)34(23)3/h5,8,11,14-15,17,20-21H,1,6-7,9-10,12-13,16,18H2,2-4H3,(H,30,36)/b24-15+,32-19?. The van der Waals surface area contributed by atoms with Crippen LogP contribution in [0.2, 0.25) is 0 Å². The lowest BCUT2D eigenvalue weighted by atomic mass is 10.0. The molecule has 0 radical (unpaired) electrons. The number of allylic oxidation sites excluding steroid dienone is 1. The number of carbonyl (C=O) groups is 2. The van der Waals surface area contributed by atoms with Gasteiger partial charge in [0.15, 0.2) is 5.82 Å². The van der Waals surface area contributed by atoms with Gasteiger partial charge in [0.25, 0.3) is 5.95 Å². The van der Waals surface area contributed by atoms with E-state index < -0.39 is 5.92 Å². The smallest absolute Gasteiger partial charge is 0.251 e. The van der Waals surface area contributed by atoms with Crippen molar-refractivity contribution in [2.75, 3.05) is 30.5 Å². The molecule has 0 aromatic carbocycles. The molecule has 0 saturated heterocycles. The molecule has 5 rings (SSSR count). The second-order valence-electron chi connectivity index (χ2n) is 10.6. The molecular weight excluding hydrogens is 496 g/mol. The molecule has 1 aliphatic heterocycles. The number of rotatable bonds is 9. The van der Waals surface area contributed by atoms with Gasteiger partial charge in [-0.2, -0.15) is 4.98 Å². The van der Waals surface area contributed by atoms with E-state index in [2.05, 4.69) is 26.8 Å². The summed E-state index contributed by atoms with van der Waals surface area (Å²) in [6.45, 7) is 6.55. The van der Waals surface area contributed by atoms with Crippen molar-refractivity contribution in [1.82, 2.24) is 15.3 Å². The lowest BCUT2D eigenvalue weighted by molar-refractivity contribution is -0.123. The number of carbonyl (C=O) groups excluding carboxylic acids is 2. The van der Waals surface area contributed by atoms with Gasteiger partial charge in [0.2, 0.25) is 11.8 Å². The molecule has 1 unspecified atom stereocenters. The maximum atomic E-state index is 13.3. The highest BCUT2D eigenvalue weighted by Crippen LogP contribution is 2.52. The first-order chi connectivity index (χ1) is 18.8. The van der Waals surface area contributed by atoms with Crippen LogP contribution in [0.25, 0.3) is 0 Å². The lowest BCUT2D eigenvalue weighted by Gasteiger charge is -2.31. The second kappa shape index (κ2) is 11.0. The SMILES string of the molecule is C=CC(/C=C(/OC)C(C)=Nc1ncc2c(n1)N(C1CCCC1)CC1(CC1)C(=O)N2C)C(=O)NCc1ccco1. The maximum Gasteiger partial charge on any atom is 0.251 e. The van der Waals surface area contributed by atoms with Crippen LogP contribution in [0.5, 0.6) is 0 Å². The molecule has 1 atom stereocenters. The van der Waals surface area contributed by atoms with E-state index in [1.807, 2.05) is 7.05 Å². The molecule has 206 valence electrons. The summed E-state index contributed by atoms with van der Waals surface area (Å²) in [7, 11) is 3.34. The predicted octanol–water partition coefficient (Wildman–Crippen LogP) is 4.32. The van der Waals surface area contributed by atoms with E-state index >= 15 is 0 Å². The largest absolute Gasteiger partial charge is 0.495 e. The van der Waals surface area contributed by atoms with Gasteiger partial charge in [-0.05, 0) is 50.8 Å². The zero-order valence-corrected chi connectivity index (χ0v) is 22.9. The highest BCUT2D eigenvalue weighted by molar-refractivity contribution is 6.03. The van der Waals surface area contributed by atoms with Gasteiger partial charge < -0.3 is 24.3 Å². The molecule has 2 aromatic rings. The summed E-state index contributed by atoms with van der Waals surface area (Å²) in [5, 5.41) is 2.84. The van der Waals surface area contributed by atoms with E-state index in [0.29, 0.717) is 29.8 Å². The molecule has 2 amide bonds. The fourth-order valence-electron chi connectivity index (χ4n) is 5.49. The molecule has 10 nitrogen and oxygen atoms in total. The van der Waals surface area contributed by atoms with E-state index in [4.69, 9.17) is 14.1 Å². The van der Waals surface area contributed by atoms with Crippen molar-refractivity contribution >= 4 is 35.0 Å². The Morgan fingerprint density at radius 3 is 2.79 bits per heavy atom. The average Bonchev–Trinajstić information content (AvgIpc) is 3.31. The quantitative estimate of drug-likeness (QED) is 0.291. The maximum absolute atomic E-state index is 13.3. The fraction of sp³-hybridized carbons (Fsp3) is 0.483. The lowest BCUT2D eigenvalue weighted by Crippen LogP contribution is -2.41. The van der Waals surface area contributed by atoms with Crippen molar-refractivity contribution in [3.63, 3.8) is 0 Å². The number of aromatic nitrogens is 2. The second-order valence-corrected chi connectivity index (χ2v) is 10.6. The van der Waals surface area contributed by atoms with Crippen LogP contribution in [0, 0.1) is 11.3 Å². The monoisotopic (exact) mass is 532 g/mol. The topological polar surface area (TPSA) is 113 Å². The van der Waals surface area contributed by atoms with Gasteiger partial charge in [-0.3, -0.25) is 9.59 Å². The number of nitrogens with zero attached hydrogens (tertiary/aromatic N) is 5. The van der Waals surface area contributed by atoms with Gasteiger partial charge in [-0.1, -0.05) is 18.9 Å². The highest BCUT2D eigenvalue weighted by atomic mass is 16.5. The highest BCUT2D eigenvalue weighted by Gasteiger charge is 2.55. The Bertz CT molecular complexity index is 1290. The summed E-state index contributed by atoms with van der Waals surface area (Å²) in [5.41, 5.74) is 0.919. The van der Waals surface area contributed by atoms with Crippen LogP contribution in [0.4, 0.5) is 17.5 Å². The van der Waals surface area contributed by atoms with Crippen LogP contribution in [0.15, 0.2) is 58.5 Å². The average molecular weight is 533 g/mol. The van der Waals surface area contributed by atoms with Crippen molar-refractivity contribution in [3.8, 4) is 0 Å². The number of methoxy groups -OCH3 is 1. The zero-order valence-electron chi connectivity index (χ0n) is 22.9. The summed E-state index contributed by atoms with van der Waals surface area (Å²) < 4.78 is 10.9. The number of hydrogen-bond acceptors (Lipinski definition) is 8. The van der Waals surface area contributed by atoms with Crippen LogP contribution in [0.1, 0.15) is 51.2 Å². The Morgan fingerprint density at radius 2 is 2.15 bits per heavy atom. The fourth-order valence-corrected chi connectivity index (χ4v) is 5.49. The Kier molecular flexibility index (Phi) is 7.54. The van der Waals surface area contributed by atoms with Gasteiger partial charge in [0.1, 0.15) is 17.2 Å². The number of ether oxygens (including phenoxy) is 1. The third-order valence-corrected chi connectivity index (χ3v) is 7.97. The summed E-state index contributed by atoms with van der Waals surface area (Å²) >= 11 is 0. The molecule has 1 spiro atoms. The predicted molar refractivity (Wildman–Crippen MR) is 149 cm³/mol. The molecule has 39 heavy (non-hydrogen) atoms. The molecular formula is C29H36N6O4. The van der Waals surface area contributed by atoms with Crippen LogP contribution >= 0.6 is 0 Å². The van der Waals surface area contributed by atoms with Gasteiger partial charge in [0.05, 0.1) is 43.2 Å². The van der Waals surface area contributed by atoms with Crippen molar-refractivity contribution in [2.45, 2.75) is 58.0 Å². The summed E-state index contributed by atoms with van der Waals surface area (Å²) in [5.74, 6) is 1.38. The molecule has 1 N–H and O–H groups in total. The Hall–Kier alpha value is -3.95. The summed E-state index contributed by atoms with van der Waals surface area (Å²) in [4.78, 5) is 44.1. The molecule has 3 heterocycles. The first kappa shape index (κ1) is 26.6. The van der Waals surface area contributed by atoms with Crippen molar-refractivity contribution in [3.05, 3.63) is 54.8 Å². The molecule has 10 heteroatoms. The molecule has 2 fully saturated rings. The van der Waals surface area contributed by atoms with Gasteiger partial charge >= 0.3 is 0 Å². The Balaban J connectivity index is 1.41. The minimum absolute atomic E-state index is 0.144. The van der Waals surface area contributed by atoms with E-state index in [-0.39, 0.29) is 29.7 Å². The van der Waals surface area contributed by atoms with Crippen LogP contribution in [-0.4, -0.2) is 54.2 Å². The molecule has 0 bridgehead atoms. The first-order valence-electron chi connectivity index (χ1n) is 13.5. The number of hydrogen-bond donors (Lipinski definition) is 1. The van der Waals surface area contributed by atoms with Crippen LogP contribution < -0.4 is 15.1 Å². The number of furan rings is 1. The summed E-state index contributed by atoms with van der Waals surface area (Å²) in [6, 6.07) is 3.92. The zero-order chi connectivity index (χ0) is 27.6. The minimum Gasteiger partial charge on any atom is -0.495 e. The van der Waals surface area contributed by atoms with Crippen molar-refractivity contribution in [2.24, 2.45) is 16.3 Å². The molecule has 2 saturated carbocycles. The number of aliphatic imine (C=N–C) groups is 1. The first-order valence-corrected chi connectivity index (χ1v) is 13.5. The molecule has 3 aliphatic rings. The number of anilines is 2. The van der Waals surface area contributed by atoms with Crippen LogP contribution in [0.3, 0.4) is 0 Å². The third kappa shape index (κ3) is 5.46. The van der Waals surface area contributed by atoms with Gasteiger partial charge in [-0.25, -0.2) is 9.98 Å². The van der Waals surface area contributed by atoms with Gasteiger partial charge in [0, 0.05) is 19.6 Å². The molecule has 2 aromatic heterocycles. The minimum atomic E-state index is -0.639. The molecule has 2 aliphatic carbocycles. The van der Waals surface area contributed by atoms with Gasteiger partial charge in [-0.15, -0.1) is 6.58 Å². The number of amides is 2. The van der Waals surface area contributed by atoms with E-state index in [9.17, 15) is 9.59 Å².